The second kappa shape index (κ2) is 5.77. The van der Waals surface area contributed by atoms with Crippen LogP contribution in [0.25, 0.3) is 0 Å². The van der Waals surface area contributed by atoms with Crippen LogP contribution in [0.1, 0.15) is 38.2 Å². The number of carboxylic acid groups (broad SMARTS) is 1. The molecule has 2 atom stereocenters. The summed E-state index contributed by atoms with van der Waals surface area (Å²) in [6.07, 6.45) is 1.75. The second-order valence-electron chi connectivity index (χ2n) is 5.52. The summed E-state index contributed by atoms with van der Waals surface area (Å²) < 4.78 is 24.2. The fraction of sp³-hybridized carbons (Fsp3) is 0.533. The molecule has 116 valence electrons. The number of carbonyl (C=O) groups is 1. The molecule has 2 unspecified atom stereocenters. The van der Waals surface area contributed by atoms with Crippen LogP contribution in [0.2, 0.25) is 0 Å². The molecule has 6 heteroatoms. The highest BCUT2D eigenvalue weighted by molar-refractivity contribution is 7.91. The van der Waals surface area contributed by atoms with Crippen molar-refractivity contribution in [1.29, 1.82) is 0 Å². The Bertz CT molecular complexity index is 637. The summed E-state index contributed by atoms with van der Waals surface area (Å²) in [6, 6.07) is 6.18. The first kappa shape index (κ1) is 16.0. The molecule has 21 heavy (non-hydrogen) atoms. The number of fused-ring (bicyclic) bond motifs is 1. The van der Waals surface area contributed by atoms with Crippen LogP contribution < -0.4 is 0 Å². The van der Waals surface area contributed by atoms with Gasteiger partial charge in [0.05, 0.1) is 16.6 Å². The molecule has 0 aliphatic carbocycles. The summed E-state index contributed by atoms with van der Waals surface area (Å²) in [4.78, 5) is 11.6. The van der Waals surface area contributed by atoms with Crippen LogP contribution in [0, 0.1) is 5.92 Å². The standard InChI is InChI=1S/C15H20O5S/c1-2-3-6-12(14(16)17)15(18)9-10-21(19,20)13-8-5-4-7-11(13)15/h4-5,7-8,12,18H,2-3,6,9-10H2,1H3,(H,16,17). The van der Waals surface area contributed by atoms with Crippen LogP contribution in [0.4, 0.5) is 0 Å². The quantitative estimate of drug-likeness (QED) is 0.867. The largest absolute Gasteiger partial charge is 0.481 e. The molecule has 2 rings (SSSR count). The van der Waals surface area contributed by atoms with Gasteiger partial charge in [-0.3, -0.25) is 4.79 Å². The minimum absolute atomic E-state index is 0.0569. The summed E-state index contributed by atoms with van der Waals surface area (Å²) in [5.41, 5.74) is -1.40. The van der Waals surface area contributed by atoms with Crippen molar-refractivity contribution in [2.75, 3.05) is 5.75 Å². The van der Waals surface area contributed by atoms with Crippen molar-refractivity contribution >= 4 is 15.8 Å². The Labute approximate surface area is 124 Å². The molecule has 0 fully saturated rings. The van der Waals surface area contributed by atoms with E-state index in [1.807, 2.05) is 6.92 Å². The minimum Gasteiger partial charge on any atom is -0.481 e. The van der Waals surface area contributed by atoms with Crippen molar-refractivity contribution in [3.8, 4) is 0 Å². The van der Waals surface area contributed by atoms with Gasteiger partial charge in [0.25, 0.3) is 0 Å². The lowest BCUT2D eigenvalue weighted by molar-refractivity contribution is -0.154. The zero-order chi connectivity index (χ0) is 15.7. The Morgan fingerprint density at radius 3 is 2.67 bits per heavy atom. The highest BCUT2D eigenvalue weighted by Gasteiger charge is 2.48. The van der Waals surface area contributed by atoms with Crippen LogP contribution in [-0.2, 0) is 20.2 Å². The Morgan fingerprint density at radius 2 is 2.05 bits per heavy atom. The van der Waals surface area contributed by atoms with Gasteiger partial charge < -0.3 is 10.2 Å². The monoisotopic (exact) mass is 312 g/mol. The van der Waals surface area contributed by atoms with E-state index in [1.165, 1.54) is 12.1 Å². The third-order valence-electron chi connectivity index (χ3n) is 4.16. The summed E-state index contributed by atoms with van der Waals surface area (Å²) >= 11 is 0. The third kappa shape index (κ3) is 2.82. The predicted molar refractivity (Wildman–Crippen MR) is 77.7 cm³/mol. The zero-order valence-corrected chi connectivity index (χ0v) is 12.8. The highest BCUT2D eigenvalue weighted by Crippen LogP contribution is 2.43. The van der Waals surface area contributed by atoms with E-state index in [0.29, 0.717) is 12.8 Å². The van der Waals surface area contributed by atoms with Crippen molar-refractivity contribution < 1.29 is 23.4 Å². The van der Waals surface area contributed by atoms with Crippen LogP contribution in [0.5, 0.6) is 0 Å². The number of hydrogen-bond acceptors (Lipinski definition) is 4. The van der Waals surface area contributed by atoms with Gasteiger partial charge in [0.15, 0.2) is 9.84 Å². The third-order valence-corrected chi connectivity index (χ3v) is 5.93. The molecule has 0 amide bonds. The molecule has 1 aromatic rings. The van der Waals surface area contributed by atoms with Gasteiger partial charge in [-0.25, -0.2) is 8.42 Å². The van der Waals surface area contributed by atoms with Gasteiger partial charge in [0.2, 0.25) is 0 Å². The van der Waals surface area contributed by atoms with Crippen LogP contribution in [0.3, 0.4) is 0 Å². The van der Waals surface area contributed by atoms with E-state index in [1.54, 1.807) is 12.1 Å². The summed E-state index contributed by atoms with van der Waals surface area (Å²) in [7, 11) is -3.45. The molecular weight excluding hydrogens is 292 g/mol. The lowest BCUT2D eigenvalue weighted by Crippen LogP contribution is -2.45. The molecular formula is C15H20O5S. The first-order valence-corrected chi connectivity index (χ1v) is 8.75. The Hall–Kier alpha value is -1.40. The number of aliphatic hydroxyl groups is 1. The molecule has 1 aliphatic rings. The maximum absolute atomic E-state index is 12.1. The summed E-state index contributed by atoms with van der Waals surface area (Å²) in [5.74, 6) is -2.30. The molecule has 1 aliphatic heterocycles. The SMILES string of the molecule is CCCCC(C(=O)O)C1(O)CCS(=O)(=O)c2ccccc21. The van der Waals surface area contributed by atoms with Crippen molar-refractivity contribution in [3.63, 3.8) is 0 Å². The fourth-order valence-corrected chi connectivity index (χ4v) is 4.63. The first-order chi connectivity index (χ1) is 9.83. The molecule has 0 bridgehead atoms. The van der Waals surface area contributed by atoms with E-state index < -0.39 is 27.3 Å². The van der Waals surface area contributed by atoms with Crippen LogP contribution in [0.15, 0.2) is 29.2 Å². The normalized spacial score (nSPS) is 25.0. The lowest BCUT2D eigenvalue weighted by Gasteiger charge is -2.38. The van der Waals surface area contributed by atoms with Gasteiger partial charge in [-0.2, -0.15) is 0 Å². The molecule has 0 saturated carbocycles. The molecule has 0 saturated heterocycles. The van der Waals surface area contributed by atoms with Gasteiger partial charge >= 0.3 is 5.97 Å². The maximum atomic E-state index is 12.1. The van der Waals surface area contributed by atoms with Gasteiger partial charge in [-0.15, -0.1) is 0 Å². The number of unbranched alkanes of at least 4 members (excludes halogenated alkanes) is 1. The molecule has 1 heterocycles. The van der Waals surface area contributed by atoms with E-state index >= 15 is 0 Å². The average molecular weight is 312 g/mol. The second-order valence-corrected chi connectivity index (χ2v) is 7.60. The molecule has 2 N–H and O–H groups in total. The summed E-state index contributed by atoms with van der Waals surface area (Å²) in [5, 5.41) is 20.4. The van der Waals surface area contributed by atoms with Crippen molar-refractivity contribution in [2.45, 2.75) is 43.1 Å². The number of benzene rings is 1. The van der Waals surface area contributed by atoms with Gasteiger partial charge in [-0.05, 0) is 18.9 Å². The smallest absolute Gasteiger partial charge is 0.309 e. The van der Waals surface area contributed by atoms with Crippen molar-refractivity contribution in [2.24, 2.45) is 5.92 Å². The topological polar surface area (TPSA) is 91.7 Å². The predicted octanol–water partition coefficient (Wildman–Crippen LogP) is 1.94. The van der Waals surface area contributed by atoms with E-state index in [-0.39, 0.29) is 22.6 Å². The molecule has 0 spiro atoms. The van der Waals surface area contributed by atoms with Gasteiger partial charge in [0.1, 0.15) is 5.60 Å². The number of rotatable bonds is 5. The number of sulfone groups is 1. The Balaban J connectivity index is 2.54. The first-order valence-electron chi connectivity index (χ1n) is 7.10. The molecule has 0 aromatic heterocycles. The van der Waals surface area contributed by atoms with E-state index in [0.717, 1.165) is 6.42 Å². The van der Waals surface area contributed by atoms with Crippen LogP contribution in [-0.4, -0.2) is 30.4 Å². The number of aliphatic carboxylic acids is 1. The molecule has 1 aromatic carbocycles. The van der Waals surface area contributed by atoms with Crippen molar-refractivity contribution in [3.05, 3.63) is 29.8 Å². The lowest BCUT2D eigenvalue weighted by atomic mass is 9.76. The fourth-order valence-electron chi connectivity index (χ4n) is 2.97. The van der Waals surface area contributed by atoms with Gasteiger partial charge in [-0.1, -0.05) is 38.0 Å². The number of carboxylic acids is 1. The molecule has 5 nitrogen and oxygen atoms in total. The highest BCUT2D eigenvalue weighted by atomic mass is 32.2. The average Bonchev–Trinajstić information content (AvgIpc) is 2.44. The maximum Gasteiger partial charge on any atom is 0.309 e. The van der Waals surface area contributed by atoms with E-state index in [2.05, 4.69) is 0 Å². The van der Waals surface area contributed by atoms with Gasteiger partial charge in [0, 0.05) is 5.56 Å². The molecule has 0 radical (unpaired) electrons. The number of hydrogen-bond donors (Lipinski definition) is 2. The zero-order valence-electron chi connectivity index (χ0n) is 11.9. The van der Waals surface area contributed by atoms with Crippen molar-refractivity contribution in [1.82, 2.24) is 0 Å². The van der Waals surface area contributed by atoms with Crippen LogP contribution >= 0.6 is 0 Å². The van der Waals surface area contributed by atoms with E-state index in [4.69, 9.17) is 0 Å². The summed E-state index contributed by atoms with van der Waals surface area (Å²) in [6.45, 7) is 1.95. The minimum atomic E-state index is -3.45. The van der Waals surface area contributed by atoms with E-state index in [9.17, 15) is 23.4 Å². The Morgan fingerprint density at radius 1 is 1.38 bits per heavy atom. The Kier molecular flexibility index (Phi) is 4.39.